The first-order valence-electron chi connectivity index (χ1n) is 15.1. The molecule has 2 atom stereocenters. The number of halogens is 4. The number of hydrogen-bond acceptors (Lipinski definition) is 4. The van der Waals surface area contributed by atoms with Gasteiger partial charge in [0.2, 0.25) is 5.91 Å². The number of hydrogen-bond donors (Lipinski definition) is 1. The Morgan fingerprint density at radius 2 is 1.69 bits per heavy atom. The van der Waals surface area contributed by atoms with Crippen molar-refractivity contribution in [1.82, 2.24) is 15.1 Å². The van der Waals surface area contributed by atoms with Crippen molar-refractivity contribution in [2.75, 3.05) is 33.3 Å². The molecule has 10 heteroatoms. The third-order valence-corrected chi connectivity index (χ3v) is 8.83. The molecule has 0 aromatic heterocycles. The maximum atomic E-state index is 14.0. The Labute approximate surface area is 266 Å². The van der Waals surface area contributed by atoms with Crippen molar-refractivity contribution in [1.29, 1.82) is 0 Å². The number of likely N-dealkylation sites (N-methyl/N-ethyl adjacent to an activating group) is 1. The smallest absolute Gasteiger partial charge is 0.417 e. The molecule has 3 aromatic carbocycles. The van der Waals surface area contributed by atoms with Crippen LogP contribution in [0.3, 0.4) is 0 Å². The van der Waals surface area contributed by atoms with E-state index in [-0.39, 0.29) is 36.3 Å². The highest BCUT2D eigenvalue weighted by Crippen LogP contribution is 2.39. The Morgan fingerprint density at radius 3 is 2.38 bits per heavy atom. The second kappa shape index (κ2) is 14.1. The fourth-order valence-corrected chi connectivity index (χ4v) is 6.33. The summed E-state index contributed by atoms with van der Waals surface area (Å²) in [6.45, 7) is 3.38. The molecule has 6 nitrogen and oxygen atoms in total. The molecule has 2 bridgehead atoms. The lowest BCUT2D eigenvalue weighted by atomic mass is 9.82. The zero-order valence-electron chi connectivity index (χ0n) is 25.4. The number of benzene rings is 3. The van der Waals surface area contributed by atoms with Gasteiger partial charge in [0.1, 0.15) is 5.75 Å². The lowest BCUT2D eigenvalue weighted by molar-refractivity contribution is -0.137. The molecule has 0 spiro atoms. The third-order valence-electron chi connectivity index (χ3n) is 8.44. The fourth-order valence-electron chi connectivity index (χ4n) is 6.05. The summed E-state index contributed by atoms with van der Waals surface area (Å²) in [6, 6.07) is 21.6. The van der Waals surface area contributed by atoms with E-state index in [1.165, 1.54) is 12.1 Å². The minimum absolute atomic E-state index is 0.00263. The molecule has 2 aliphatic rings. The Bertz CT molecular complexity index is 1540. The highest BCUT2D eigenvalue weighted by Gasteiger charge is 2.40. The number of carbonyl (C=O) groups excluding carboxylic acids is 2. The van der Waals surface area contributed by atoms with Crippen LogP contribution in [0.1, 0.15) is 42.0 Å². The molecular formula is C35H37ClF3N3O3. The van der Waals surface area contributed by atoms with Crippen molar-refractivity contribution in [2.24, 2.45) is 0 Å². The monoisotopic (exact) mass is 639 g/mol. The van der Waals surface area contributed by atoms with Crippen LogP contribution in [-0.2, 0) is 28.6 Å². The number of carbonyl (C=O) groups is 2. The first-order valence-corrected chi connectivity index (χ1v) is 15.5. The second-order valence-corrected chi connectivity index (χ2v) is 12.0. The van der Waals surface area contributed by atoms with Crippen LogP contribution in [0.4, 0.5) is 13.2 Å². The molecule has 5 rings (SSSR count). The molecule has 0 unspecified atom stereocenters. The number of nitrogens with one attached hydrogen (secondary N) is 1. The van der Waals surface area contributed by atoms with Gasteiger partial charge in [0.25, 0.3) is 5.91 Å². The van der Waals surface area contributed by atoms with Gasteiger partial charge in [-0.1, -0.05) is 72.3 Å². The summed E-state index contributed by atoms with van der Waals surface area (Å²) in [5.74, 6) is -0.0286. The number of aryl methyl sites for hydroxylation is 1. The summed E-state index contributed by atoms with van der Waals surface area (Å²) >= 11 is 5.94. The first kappa shape index (κ1) is 32.6. The zero-order chi connectivity index (χ0) is 32.1. The van der Waals surface area contributed by atoms with Gasteiger partial charge in [0.15, 0.2) is 0 Å². The van der Waals surface area contributed by atoms with Gasteiger partial charge in [0, 0.05) is 45.2 Å². The average Bonchev–Trinajstić information content (AvgIpc) is 3.02. The molecule has 1 fully saturated rings. The molecule has 1 saturated heterocycles. The van der Waals surface area contributed by atoms with E-state index in [0.717, 1.165) is 34.8 Å². The second-order valence-electron chi connectivity index (χ2n) is 11.7. The van der Waals surface area contributed by atoms with Crippen LogP contribution < -0.4 is 10.1 Å². The number of amides is 2. The maximum absolute atomic E-state index is 14.0. The quantitative estimate of drug-likeness (QED) is 0.260. The van der Waals surface area contributed by atoms with Crippen LogP contribution in [0.25, 0.3) is 5.57 Å². The lowest BCUT2D eigenvalue weighted by Gasteiger charge is -2.44. The van der Waals surface area contributed by atoms with E-state index in [9.17, 15) is 22.8 Å². The van der Waals surface area contributed by atoms with Crippen molar-refractivity contribution >= 4 is 29.0 Å². The van der Waals surface area contributed by atoms with Gasteiger partial charge in [-0.25, -0.2) is 0 Å². The molecule has 238 valence electrons. The van der Waals surface area contributed by atoms with Gasteiger partial charge in [-0.15, -0.1) is 0 Å². The average molecular weight is 640 g/mol. The van der Waals surface area contributed by atoms with E-state index in [1.807, 2.05) is 54.4 Å². The Balaban J connectivity index is 1.29. The van der Waals surface area contributed by atoms with Crippen LogP contribution in [-0.4, -0.2) is 67.0 Å². The molecule has 2 heterocycles. The van der Waals surface area contributed by atoms with Gasteiger partial charge in [0.05, 0.1) is 23.2 Å². The molecule has 1 N–H and O–H groups in total. The minimum atomic E-state index is -4.55. The van der Waals surface area contributed by atoms with Gasteiger partial charge >= 0.3 is 6.18 Å². The first-order chi connectivity index (χ1) is 21.5. The minimum Gasteiger partial charge on any atom is -0.492 e. The van der Waals surface area contributed by atoms with Crippen molar-refractivity contribution in [2.45, 2.75) is 50.9 Å². The molecule has 45 heavy (non-hydrogen) atoms. The topological polar surface area (TPSA) is 61.9 Å². The van der Waals surface area contributed by atoms with Crippen molar-refractivity contribution in [3.8, 4) is 5.75 Å². The van der Waals surface area contributed by atoms with Crippen molar-refractivity contribution in [3.63, 3.8) is 0 Å². The summed E-state index contributed by atoms with van der Waals surface area (Å²) in [6.07, 6.45) is -1.94. The Morgan fingerprint density at radius 1 is 0.978 bits per heavy atom. The predicted octanol–water partition coefficient (Wildman–Crippen LogP) is 6.42. The summed E-state index contributed by atoms with van der Waals surface area (Å²) in [7, 11) is 1.82. The largest absolute Gasteiger partial charge is 0.492 e. The van der Waals surface area contributed by atoms with E-state index < -0.39 is 16.8 Å². The number of alkyl halides is 3. The molecule has 2 aliphatic heterocycles. The van der Waals surface area contributed by atoms with Crippen LogP contribution in [0.2, 0.25) is 5.02 Å². The lowest BCUT2D eigenvalue weighted by Crippen LogP contribution is -2.61. The number of rotatable bonds is 10. The van der Waals surface area contributed by atoms with E-state index in [0.29, 0.717) is 44.5 Å². The van der Waals surface area contributed by atoms with E-state index >= 15 is 0 Å². The number of fused-ring (bicyclic) bond motifs is 2. The van der Waals surface area contributed by atoms with Crippen LogP contribution in [0, 0.1) is 0 Å². The summed E-state index contributed by atoms with van der Waals surface area (Å²) in [5.41, 5.74) is 3.96. The number of piperazine rings is 1. The number of ether oxygens (including phenoxy) is 1. The van der Waals surface area contributed by atoms with E-state index in [2.05, 4.69) is 17.4 Å². The van der Waals surface area contributed by atoms with Gasteiger partial charge < -0.3 is 19.9 Å². The summed E-state index contributed by atoms with van der Waals surface area (Å²) in [5, 5.41) is 3.15. The predicted molar refractivity (Wildman–Crippen MR) is 169 cm³/mol. The molecule has 0 aliphatic carbocycles. The van der Waals surface area contributed by atoms with Gasteiger partial charge in [-0.05, 0) is 60.1 Å². The normalized spacial score (nSPS) is 18.1. The summed E-state index contributed by atoms with van der Waals surface area (Å²) < 4.78 is 45.0. The molecule has 0 radical (unpaired) electrons. The van der Waals surface area contributed by atoms with E-state index in [1.54, 1.807) is 11.8 Å². The van der Waals surface area contributed by atoms with Gasteiger partial charge in [-0.2, -0.15) is 13.2 Å². The van der Waals surface area contributed by atoms with E-state index in [4.69, 9.17) is 16.3 Å². The summed E-state index contributed by atoms with van der Waals surface area (Å²) in [4.78, 5) is 29.8. The SMILES string of the molecule is CC(=O)N1C[C@H]2CC(c3ccc(CCCOc4cccc(C(F)(F)F)c4Cl)cc3)=C(C(=O)N(C)CCc3ccccc3)[C@@H](C1)N2. The van der Waals surface area contributed by atoms with Gasteiger partial charge in [-0.3, -0.25) is 9.59 Å². The Kier molecular flexibility index (Phi) is 10.2. The molecule has 2 amide bonds. The van der Waals surface area contributed by atoms with Crippen LogP contribution in [0.5, 0.6) is 5.75 Å². The third kappa shape index (κ3) is 7.89. The van der Waals surface area contributed by atoms with Crippen molar-refractivity contribution in [3.05, 3.63) is 106 Å². The highest BCUT2D eigenvalue weighted by molar-refractivity contribution is 6.32. The van der Waals surface area contributed by atoms with Crippen LogP contribution >= 0.6 is 11.6 Å². The molecule has 0 saturated carbocycles. The maximum Gasteiger partial charge on any atom is 0.417 e. The Hall–Kier alpha value is -3.82. The molecular weight excluding hydrogens is 603 g/mol. The highest BCUT2D eigenvalue weighted by atomic mass is 35.5. The van der Waals surface area contributed by atoms with Crippen LogP contribution in [0.15, 0.2) is 78.4 Å². The fraction of sp³-hybridized carbons (Fsp3) is 0.371. The van der Waals surface area contributed by atoms with Crippen molar-refractivity contribution < 1.29 is 27.5 Å². The molecule has 3 aromatic rings. The zero-order valence-corrected chi connectivity index (χ0v) is 26.1. The number of nitrogens with zero attached hydrogens (tertiary/aromatic N) is 2. The standard InChI is InChI=1S/C35H37ClF3N3O3/c1-23(43)42-21-27-20-28(32(30(22-42)40-27)34(44)41(2)18-17-24-8-4-3-5-9-24)26-15-13-25(14-16-26)10-7-19-45-31-12-6-11-29(33(31)36)35(37,38)39/h3-6,8-9,11-16,27,30,40H,7,10,17-22H2,1-2H3/t27-,30-/m1/s1.